The summed E-state index contributed by atoms with van der Waals surface area (Å²) in [7, 11) is 1.37. The minimum absolute atomic E-state index is 0.288. The molecule has 0 aliphatic rings. The molecule has 2 heteroatoms. The molecule has 0 heterocycles. The molecule has 0 radical (unpaired) electrons. The first-order chi connectivity index (χ1) is 5.31. The molecule has 0 rings (SSSR count). The van der Waals surface area contributed by atoms with E-state index in [0.717, 1.165) is 19.3 Å². The standard InChI is InChI=1S/C9H14O2/c1-3-4-5-6-7-8-9(10)11-2/h3,7-8H,1,4-6H2,2H3. The number of rotatable bonds is 5. The van der Waals surface area contributed by atoms with Crippen LogP contribution in [0.5, 0.6) is 0 Å². The van der Waals surface area contributed by atoms with E-state index in [4.69, 9.17) is 0 Å². The number of carbonyl (C=O) groups is 1. The molecule has 0 unspecified atom stereocenters. The molecule has 0 bridgehead atoms. The Morgan fingerprint density at radius 2 is 2.27 bits per heavy atom. The lowest BCUT2D eigenvalue weighted by Gasteiger charge is -1.90. The largest absolute Gasteiger partial charge is 0.466 e. The van der Waals surface area contributed by atoms with Crippen LogP contribution < -0.4 is 0 Å². The number of hydrogen-bond donors (Lipinski definition) is 0. The Hall–Kier alpha value is -1.05. The molecule has 0 aliphatic carbocycles. The molecule has 0 aromatic heterocycles. The highest BCUT2D eigenvalue weighted by Crippen LogP contribution is 1.96. The van der Waals surface area contributed by atoms with Gasteiger partial charge in [0.1, 0.15) is 0 Å². The summed E-state index contributed by atoms with van der Waals surface area (Å²) in [6, 6.07) is 0. The van der Waals surface area contributed by atoms with Crippen molar-refractivity contribution in [3.05, 3.63) is 24.8 Å². The zero-order valence-corrected chi connectivity index (χ0v) is 6.88. The van der Waals surface area contributed by atoms with E-state index in [-0.39, 0.29) is 5.97 Å². The fourth-order valence-electron chi connectivity index (χ4n) is 0.628. The Balaban J connectivity index is 3.29. The average Bonchev–Trinajstić information content (AvgIpc) is 2.04. The van der Waals surface area contributed by atoms with Crippen molar-refractivity contribution < 1.29 is 9.53 Å². The molecule has 0 aromatic carbocycles. The van der Waals surface area contributed by atoms with Gasteiger partial charge in [0.2, 0.25) is 0 Å². The van der Waals surface area contributed by atoms with Gasteiger partial charge >= 0.3 is 5.97 Å². The zero-order chi connectivity index (χ0) is 8.53. The zero-order valence-electron chi connectivity index (χ0n) is 6.88. The second-order valence-electron chi connectivity index (χ2n) is 2.15. The van der Waals surface area contributed by atoms with Crippen molar-refractivity contribution in [2.75, 3.05) is 7.11 Å². The molecule has 2 nitrogen and oxygen atoms in total. The highest BCUT2D eigenvalue weighted by atomic mass is 16.5. The average molecular weight is 154 g/mol. The second kappa shape index (κ2) is 7.06. The van der Waals surface area contributed by atoms with Gasteiger partial charge in [0.15, 0.2) is 0 Å². The van der Waals surface area contributed by atoms with E-state index in [9.17, 15) is 4.79 Å². The topological polar surface area (TPSA) is 26.3 Å². The molecule has 11 heavy (non-hydrogen) atoms. The predicted octanol–water partition coefficient (Wildman–Crippen LogP) is 2.07. The van der Waals surface area contributed by atoms with Crippen LogP contribution in [0.4, 0.5) is 0 Å². The van der Waals surface area contributed by atoms with Gasteiger partial charge in [-0.3, -0.25) is 0 Å². The Bertz CT molecular complexity index is 148. The van der Waals surface area contributed by atoms with Gasteiger partial charge in [-0.1, -0.05) is 12.2 Å². The van der Waals surface area contributed by atoms with E-state index in [0.29, 0.717) is 0 Å². The minimum Gasteiger partial charge on any atom is -0.466 e. The monoisotopic (exact) mass is 154 g/mol. The Morgan fingerprint density at radius 3 is 2.82 bits per heavy atom. The molecule has 0 aliphatic heterocycles. The second-order valence-corrected chi connectivity index (χ2v) is 2.15. The molecular weight excluding hydrogens is 140 g/mol. The van der Waals surface area contributed by atoms with E-state index < -0.39 is 0 Å². The molecule has 0 atom stereocenters. The van der Waals surface area contributed by atoms with Crippen molar-refractivity contribution in [1.82, 2.24) is 0 Å². The predicted molar refractivity (Wildman–Crippen MR) is 45.2 cm³/mol. The minimum atomic E-state index is -0.288. The summed E-state index contributed by atoms with van der Waals surface area (Å²) in [5.74, 6) is -0.288. The third-order valence-corrected chi connectivity index (χ3v) is 1.23. The number of carbonyl (C=O) groups excluding carboxylic acids is 1. The van der Waals surface area contributed by atoms with Crippen LogP contribution in [0.2, 0.25) is 0 Å². The summed E-state index contributed by atoms with van der Waals surface area (Å²) in [6.45, 7) is 3.59. The van der Waals surface area contributed by atoms with E-state index in [2.05, 4.69) is 11.3 Å². The lowest BCUT2D eigenvalue weighted by molar-refractivity contribution is -0.134. The van der Waals surface area contributed by atoms with Gasteiger partial charge in [-0.25, -0.2) is 4.79 Å². The molecule has 62 valence electrons. The highest BCUT2D eigenvalue weighted by molar-refractivity contribution is 5.81. The molecule has 0 N–H and O–H groups in total. The molecule has 0 fully saturated rings. The van der Waals surface area contributed by atoms with Crippen LogP contribution in [0.25, 0.3) is 0 Å². The molecule has 0 spiro atoms. The van der Waals surface area contributed by atoms with Crippen LogP contribution in [-0.4, -0.2) is 13.1 Å². The van der Waals surface area contributed by atoms with Crippen LogP contribution in [0.15, 0.2) is 24.8 Å². The van der Waals surface area contributed by atoms with Crippen LogP contribution in [0.3, 0.4) is 0 Å². The summed E-state index contributed by atoms with van der Waals surface area (Å²) in [5, 5.41) is 0. The Labute approximate surface area is 67.6 Å². The van der Waals surface area contributed by atoms with Gasteiger partial charge in [-0.05, 0) is 19.3 Å². The van der Waals surface area contributed by atoms with Crippen LogP contribution in [0, 0.1) is 0 Å². The molecule has 0 saturated heterocycles. The first kappa shape index (κ1) is 9.95. The Kier molecular flexibility index (Phi) is 6.39. The van der Waals surface area contributed by atoms with Crippen LogP contribution in [0.1, 0.15) is 19.3 Å². The lowest BCUT2D eigenvalue weighted by Crippen LogP contribution is -1.93. The maximum absolute atomic E-state index is 10.5. The summed E-state index contributed by atoms with van der Waals surface area (Å²) in [5.41, 5.74) is 0. The van der Waals surface area contributed by atoms with Crippen molar-refractivity contribution >= 4 is 5.97 Å². The number of hydrogen-bond acceptors (Lipinski definition) is 2. The summed E-state index contributed by atoms with van der Waals surface area (Å²) < 4.78 is 4.41. The lowest BCUT2D eigenvalue weighted by atomic mass is 10.2. The van der Waals surface area contributed by atoms with Crippen LogP contribution in [-0.2, 0) is 9.53 Å². The van der Waals surface area contributed by atoms with Crippen molar-refractivity contribution in [3.8, 4) is 0 Å². The van der Waals surface area contributed by atoms with E-state index in [1.807, 2.05) is 12.2 Å². The van der Waals surface area contributed by atoms with Gasteiger partial charge in [0.05, 0.1) is 7.11 Å². The molecule has 0 saturated carbocycles. The fraction of sp³-hybridized carbons (Fsp3) is 0.444. The van der Waals surface area contributed by atoms with Gasteiger partial charge in [-0.15, -0.1) is 6.58 Å². The normalized spacial score (nSPS) is 9.91. The van der Waals surface area contributed by atoms with Crippen molar-refractivity contribution in [2.45, 2.75) is 19.3 Å². The maximum Gasteiger partial charge on any atom is 0.330 e. The number of esters is 1. The van der Waals surface area contributed by atoms with E-state index >= 15 is 0 Å². The van der Waals surface area contributed by atoms with Gasteiger partial charge in [-0.2, -0.15) is 0 Å². The van der Waals surface area contributed by atoms with Crippen molar-refractivity contribution in [1.29, 1.82) is 0 Å². The van der Waals surface area contributed by atoms with Crippen LogP contribution >= 0.6 is 0 Å². The van der Waals surface area contributed by atoms with Crippen molar-refractivity contribution in [3.63, 3.8) is 0 Å². The number of unbranched alkanes of at least 4 members (excludes halogenated alkanes) is 2. The number of methoxy groups -OCH3 is 1. The molecule has 0 aromatic rings. The first-order valence-electron chi connectivity index (χ1n) is 3.66. The molecule has 0 amide bonds. The molecular formula is C9H14O2. The summed E-state index contributed by atoms with van der Waals surface area (Å²) in [4.78, 5) is 10.5. The maximum atomic E-state index is 10.5. The quantitative estimate of drug-likeness (QED) is 0.262. The van der Waals surface area contributed by atoms with Gasteiger partial charge < -0.3 is 4.74 Å². The first-order valence-corrected chi connectivity index (χ1v) is 3.66. The third-order valence-electron chi connectivity index (χ3n) is 1.23. The van der Waals surface area contributed by atoms with Gasteiger partial charge in [0, 0.05) is 6.08 Å². The highest BCUT2D eigenvalue weighted by Gasteiger charge is 1.88. The SMILES string of the molecule is C=CCCCC=CC(=O)OC. The number of allylic oxidation sites excluding steroid dienone is 2. The van der Waals surface area contributed by atoms with E-state index in [1.54, 1.807) is 0 Å². The number of ether oxygens (including phenoxy) is 1. The van der Waals surface area contributed by atoms with Gasteiger partial charge in [0.25, 0.3) is 0 Å². The third kappa shape index (κ3) is 6.84. The van der Waals surface area contributed by atoms with Crippen molar-refractivity contribution in [2.24, 2.45) is 0 Å². The summed E-state index contributed by atoms with van der Waals surface area (Å²) >= 11 is 0. The Morgan fingerprint density at radius 1 is 1.55 bits per heavy atom. The fourth-order valence-corrected chi connectivity index (χ4v) is 0.628. The van der Waals surface area contributed by atoms with E-state index in [1.165, 1.54) is 13.2 Å². The smallest absolute Gasteiger partial charge is 0.330 e. The summed E-state index contributed by atoms with van der Waals surface area (Å²) in [6.07, 6.45) is 8.06.